The van der Waals surface area contributed by atoms with Gasteiger partial charge in [-0.25, -0.2) is 30.3 Å². The van der Waals surface area contributed by atoms with E-state index < -0.39 is 43.6 Å². The van der Waals surface area contributed by atoms with Gasteiger partial charge in [-0.2, -0.15) is 0 Å². The second kappa shape index (κ2) is 7.44. The fourth-order valence-corrected chi connectivity index (χ4v) is 5.02. The standard InChI is InChI=1S/C14H21FN2O5S2/c1-17(2)24(20,21)10-12-7-22-8-14(12)16-23(18,19)9-11-5-3-4-6-13(11)15/h3-6,12,14,16H,7-10H2,1-2H3/t12-,14-/m0/s1. The Balaban J connectivity index is 2.07. The number of halogens is 1. The molecule has 1 N–H and O–H groups in total. The first-order valence-corrected chi connectivity index (χ1v) is 10.6. The van der Waals surface area contributed by atoms with Crippen LogP contribution in [0, 0.1) is 11.7 Å². The summed E-state index contributed by atoms with van der Waals surface area (Å²) in [7, 11) is -4.47. The van der Waals surface area contributed by atoms with Gasteiger partial charge in [-0.05, 0) is 6.07 Å². The predicted molar refractivity (Wildman–Crippen MR) is 87.7 cm³/mol. The summed E-state index contributed by atoms with van der Waals surface area (Å²) >= 11 is 0. The van der Waals surface area contributed by atoms with Crippen molar-refractivity contribution in [3.05, 3.63) is 35.6 Å². The molecule has 7 nitrogen and oxygen atoms in total. The van der Waals surface area contributed by atoms with E-state index in [4.69, 9.17) is 4.74 Å². The molecule has 0 aliphatic carbocycles. The second-order valence-corrected chi connectivity index (χ2v) is 9.91. The van der Waals surface area contributed by atoms with E-state index in [0.29, 0.717) is 0 Å². The quantitative estimate of drug-likeness (QED) is 0.727. The van der Waals surface area contributed by atoms with E-state index in [-0.39, 0.29) is 24.5 Å². The Hall–Kier alpha value is -1.07. The molecule has 1 fully saturated rings. The molecule has 0 aromatic heterocycles. The minimum atomic E-state index is -3.83. The summed E-state index contributed by atoms with van der Waals surface area (Å²) in [6.07, 6.45) is 0. The highest BCUT2D eigenvalue weighted by atomic mass is 32.2. The lowest BCUT2D eigenvalue weighted by Gasteiger charge is -2.21. The zero-order chi connectivity index (χ0) is 18.0. The molecule has 1 aromatic carbocycles. The topological polar surface area (TPSA) is 92.8 Å². The number of rotatable bonds is 7. The average Bonchev–Trinajstić information content (AvgIpc) is 2.86. The number of nitrogens with one attached hydrogen (secondary N) is 1. The van der Waals surface area contributed by atoms with E-state index in [2.05, 4.69) is 4.72 Å². The monoisotopic (exact) mass is 380 g/mol. The highest BCUT2D eigenvalue weighted by Crippen LogP contribution is 2.19. The van der Waals surface area contributed by atoms with Gasteiger partial charge in [0.15, 0.2) is 0 Å². The second-order valence-electron chi connectivity index (χ2n) is 5.93. The smallest absolute Gasteiger partial charge is 0.216 e. The van der Waals surface area contributed by atoms with Gasteiger partial charge in [-0.1, -0.05) is 18.2 Å². The van der Waals surface area contributed by atoms with Crippen molar-refractivity contribution in [2.24, 2.45) is 5.92 Å². The third kappa shape index (κ3) is 4.96. The van der Waals surface area contributed by atoms with Crippen molar-refractivity contribution in [2.75, 3.05) is 33.1 Å². The van der Waals surface area contributed by atoms with Crippen molar-refractivity contribution < 1.29 is 26.0 Å². The fraction of sp³-hybridized carbons (Fsp3) is 0.571. The van der Waals surface area contributed by atoms with E-state index >= 15 is 0 Å². The van der Waals surface area contributed by atoms with Crippen LogP contribution in [0.3, 0.4) is 0 Å². The SMILES string of the molecule is CN(C)S(=O)(=O)C[C@@H]1COC[C@@H]1NS(=O)(=O)Cc1ccccc1F. The van der Waals surface area contributed by atoms with Crippen LogP contribution in [-0.4, -0.2) is 60.2 Å². The molecule has 1 saturated heterocycles. The summed E-state index contributed by atoms with van der Waals surface area (Å²) < 4.78 is 70.9. The summed E-state index contributed by atoms with van der Waals surface area (Å²) in [5.74, 6) is -1.82. The number of benzene rings is 1. The molecule has 136 valence electrons. The summed E-state index contributed by atoms with van der Waals surface area (Å²) in [4.78, 5) is 0. The summed E-state index contributed by atoms with van der Waals surface area (Å²) in [5, 5.41) is 0. The van der Waals surface area contributed by atoms with Crippen LogP contribution in [-0.2, 0) is 30.5 Å². The Morgan fingerprint density at radius 1 is 1.21 bits per heavy atom. The lowest BCUT2D eigenvalue weighted by molar-refractivity contribution is 0.185. The van der Waals surface area contributed by atoms with Crippen molar-refractivity contribution in [3.63, 3.8) is 0 Å². The van der Waals surface area contributed by atoms with Crippen LogP contribution >= 0.6 is 0 Å². The Bertz CT molecular complexity index is 780. The molecular formula is C14H21FN2O5S2. The Kier molecular flexibility index (Phi) is 5.97. The molecule has 10 heteroatoms. The highest BCUT2D eigenvalue weighted by Gasteiger charge is 2.35. The maximum absolute atomic E-state index is 13.6. The van der Waals surface area contributed by atoms with Gasteiger partial charge >= 0.3 is 0 Å². The molecule has 0 amide bonds. The van der Waals surface area contributed by atoms with Gasteiger partial charge < -0.3 is 4.74 Å². The number of nitrogens with zero attached hydrogens (tertiary/aromatic N) is 1. The molecule has 2 atom stereocenters. The Morgan fingerprint density at radius 3 is 2.50 bits per heavy atom. The van der Waals surface area contributed by atoms with Crippen molar-refractivity contribution in [1.82, 2.24) is 9.03 Å². The zero-order valence-corrected chi connectivity index (χ0v) is 15.1. The van der Waals surface area contributed by atoms with E-state index in [1.165, 1.54) is 32.3 Å². The van der Waals surface area contributed by atoms with Crippen molar-refractivity contribution in [1.29, 1.82) is 0 Å². The third-order valence-electron chi connectivity index (χ3n) is 3.81. The van der Waals surface area contributed by atoms with Crippen molar-refractivity contribution >= 4 is 20.0 Å². The summed E-state index contributed by atoms with van der Waals surface area (Å²) in [6.45, 7) is 0.240. The first-order valence-electron chi connectivity index (χ1n) is 7.32. The molecule has 1 aliphatic rings. The van der Waals surface area contributed by atoms with Gasteiger partial charge in [0, 0.05) is 25.6 Å². The molecule has 2 rings (SSSR count). The molecule has 0 spiro atoms. The largest absolute Gasteiger partial charge is 0.379 e. The minimum absolute atomic E-state index is 0.0568. The predicted octanol–water partition coefficient (Wildman–Crippen LogP) is 0.152. The van der Waals surface area contributed by atoms with Crippen LogP contribution < -0.4 is 4.72 Å². The number of sulfonamides is 2. The van der Waals surface area contributed by atoms with E-state index in [1.54, 1.807) is 6.07 Å². The van der Waals surface area contributed by atoms with Gasteiger partial charge in [0.05, 0.1) is 30.8 Å². The third-order valence-corrected chi connectivity index (χ3v) is 7.13. The van der Waals surface area contributed by atoms with E-state index in [1.807, 2.05) is 0 Å². The lowest BCUT2D eigenvalue weighted by atomic mass is 10.1. The zero-order valence-electron chi connectivity index (χ0n) is 13.5. The van der Waals surface area contributed by atoms with Gasteiger partial charge in [0.25, 0.3) is 0 Å². The van der Waals surface area contributed by atoms with E-state index in [9.17, 15) is 21.2 Å². The lowest BCUT2D eigenvalue weighted by Crippen LogP contribution is -2.44. The van der Waals surface area contributed by atoms with E-state index in [0.717, 1.165) is 4.31 Å². The molecule has 0 bridgehead atoms. The maximum atomic E-state index is 13.6. The van der Waals surface area contributed by atoms with Crippen LogP contribution in [0.5, 0.6) is 0 Å². The summed E-state index contributed by atoms with van der Waals surface area (Å²) in [6, 6.07) is 4.96. The fourth-order valence-electron chi connectivity index (χ4n) is 2.41. The van der Waals surface area contributed by atoms with Crippen LogP contribution in [0.2, 0.25) is 0 Å². The molecule has 1 aliphatic heterocycles. The van der Waals surface area contributed by atoms with Crippen LogP contribution in [0.1, 0.15) is 5.56 Å². The number of ether oxygens (including phenoxy) is 1. The maximum Gasteiger partial charge on any atom is 0.216 e. The molecule has 1 aromatic rings. The molecular weight excluding hydrogens is 359 g/mol. The van der Waals surface area contributed by atoms with Crippen LogP contribution in [0.15, 0.2) is 24.3 Å². The molecule has 0 saturated carbocycles. The van der Waals surface area contributed by atoms with Crippen molar-refractivity contribution in [3.8, 4) is 0 Å². The first kappa shape index (κ1) is 19.3. The van der Waals surface area contributed by atoms with Crippen LogP contribution in [0.4, 0.5) is 4.39 Å². The Morgan fingerprint density at radius 2 is 1.88 bits per heavy atom. The number of hydrogen-bond acceptors (Lipinski definition) is 5. The van der Waals surface area contributed by atoms with Gasteiger partial charge in [0.1, 0.15) is 5.82 Å². The molecule has 24 heavy (non-hydrogen) atoms. The molecule has 1 heterocycles. The number of hydrogen-bond donors (Lipinski definition) is 1. The normalized spacial score (nSPS) is 22.2. The minimum Gasteiger partial charge on any atom is -0.379 e. The van der Waals surface area contributed by atoms with Crippen molar-refractivity contribution in [2.45, 2.75) is 11.8 Å². The van der Waals surface area contributed by atoms with Gasteiger partial charge in [-0.3, -0.25) is 0 Å². The molecule has 0 unspecified atom stereocenters. The van der Waals surface area contributed by atoms with Gasteiger partial charge in [-0.15, -0.1) is 0 Å². The first-order chi connectivity index (χ1) is 11.1. The Labute approximate surface area is 141 Å². The van der Waals surface area contributed by atoms with Crippen LogP contribution in [0.25, 0.3) is 0 Å². The molecule has 0 radical (unpaired) electrons. The van der Waals surface area contributed by atoms with Gasteiger partial charge in [0.2, 0.25) is 20.0 Å². The highest BCUT2D eigenvalue weighted by molar-refractivity contribution is 7.89. The summed E-state index contributed by atoms with van der Waals surface area (Å²) in [5.41, 5.74) is 0.0568. The average molecular weight is 380 g/mol.